The number of nitrogens with zero attached hydrogens (tertiary/aromatic N) is 2. The standard InChI is InChI=1S/C26H25BrN4O2S/c1-30(17-18-6-3-2-4-7-18)15-5-14-28-24(32)19-8-11-21(12-9-19)31-25(33)22-16-20(27)10-13-23(22)29-26(31)34/h2-4,6-13,16H,5,14-15,17H2,1H3,(H,28,32)(H,29,34). The van der Waals surface area contributed by atoms with Gasteiger partial charge in [-0.1, -0.05) is 46.3 Å². The van der Waals surface area contributed by atoms with Gasteiger partial charge in [-0.3, -0.25) is 14.2 Å². The lowest BCUT2D eigenvalue weighted by Crippen LogP contribution is -2.28. The van der Waals surface area contributed by atoms with Crippen LogP contribution in [-0.4, -0.2) is 40.5 Å². The summed E-state index contributed by atoms with van der Waals surface area (Å²) >= 11 is 8.82. The molecule has 0 bridgehead atoms. The molecule has 0 fully saturated rings. The summed E-state index contributed by atoms with van der Waals surface area (Å²) in [5, 5.41) is 3.49. The van der Waals surface area contributed by atoms with Crippen LogP contribution >= 0.6 is 28.1 Å². The van der Waals surface area contributed by atoms with E-state index in [-0.39, 0.29) is 11.5 Å². The number of amides is 1. The Morgan fingerprint density at radius 3 is 2.56 bits per heavy atom. The third-order valence-corrected chi connectivity index (χ3v) is 6.32. The summed E-state index contributed by atoms with van der Waals surface area (Å²) in [5.41, 5.74) is 2.88. The highest BCUT2D eigenvalue weighted by Gasteiger charge is 2.10. The number of H-pyrrole nitrogens is 1. The molecule has 4 rings (SSSR count). The van der Waals surface area contributed by atoms with Crippen molar-refractivity contribution in [2.24, 2.45) is 0 Å². The van der Waals surface area contributed by atoms with Crippen molar-refractivity contribution < 1.29 is 4.79 Å². The van der Waals surface area contributed by atoms with Gasteiger partial charge in [-0.15, -0.1) is 0 Å². The Balaban J connectivity index is 1.37. The first kappa shape index (κ1) is 24.1. The second-order valence-electron chi connectivity index (χ2n) is 8.14. The van der Waals surface area contributed by atoms with Crippen molar-refractivity contribution in [3.63, 3.8) is 0 Å². The molecule has 0 aliphatic carbocycles. The number of aromatic amines is 1. The highest BCUT2D eigenvalue weighted by molar-refractivity contribution is 9.10. The summed E-state index contributed by atoms with van der Waals surface area (Å²) in [6.07, 6.45) is 0.852. The molecule has 0 radical (unpaired) electrons. The van der Waals surface area contributed by atoms with Crippen LogP contribution in [0.5, 0.6) is 0 Å². The Labute approximate surface area is 211 Å². The van der Waals surface area contributed by atoms with Crippen molar-refractivity contribution in [1.29, 1.82) is 0 Å². The summed E-state index contributed by atoms with van der Waals surface area (Å²) in [4.78, 5) is 30.9. The quantitative estimate of drug-likeness (QED) is 0.244. The van der Waals surface area contributed by atoms with E-state index in [4.69, 9.17) is 12.2 Å². The number of hydrogen-bond acceptors (Lipinski definition) is 4. The van der Waals surface area contributed by atoms with E-state index in [1.165, 1.54) is 10.1 Å². The van der Waals surface area contributed by atoms with Crippen molar-refractivity contribution >= 4 is 45.0 Å². The highest BCUT2D eigenvalue weighted by Crippen LogP contribution is 2.17. The van der Waals surface area contributed by atoms with Gasteiger partial charge in [0.2, 0.25) is 0 Å². The molecule has 2 N–H and O–H groups in total. The Hall–Kier alpha value is -3.07. The lowest BCUT2D eigenvalue weighted by Gasteiger charge is -2.16. The summed E-state index contributed by atoms with van der Waals surface area (Å²) in [6.45, 7) is 2.35. The SMILES string of the molecule is CN(CCCNC(=O)c1ccc(-n2c(=S)[nH]c3ccc(Br)cc3c2=O)cc1)Cc1ccccc1. The molecule has 0 unspecified atom stereocenters. The molecule has 0 atom stereocenters. The van der Waals surface area contributed by atoms with Crippen molar-refractivity contribution in [3.8, 4) is 5.69 Å². The van der Waals surface area contributed by atoms with Crippen LogP contribution in [0.3, 0.4) is 0 Å². The average molecular weight is 537 g/mol. The number of fused-ring (bicyclic) bond motifs is 1. The fraction of sp³-hybridized carbons (Fsp3) is 0.192. The van der Waals surface area contributed by atoms with Crippen LogP contribution in [-0.2, 0) is 6.54 Å². The first-order chi connectivity index (χ1) is 16.4. The molecule has 0 aliphatic heterocycles. The van der Waals surface area contributed by atoms with Crippen molar-refractivity contribution in [2.45, 2.75) is 13.0 Å². The van der Waals surface area contributed by atoms with E-state index in [1.54, 1.807) is 30.3 Å². The van der Waals surface area contributed by atoms with E-state index in [9.17, 15) is 9.59 Å². The molecule has 1 heterocycles. The largest absolute Gasteiger partial charge is 0.352 e. The van der Waals surface area contributed by atoms with E-state index in [0.29, 0.717) is 33.5 Å². The Bertz CT molecular complexity index is 1420. The zero-order valence-corrected chi connectivity index (χ0v) is 21.2. The molecule has 34 heavy (non-hydrogen) atoms. The van der Waals surface area contributed by atoms with Gasteiger partial charge < -0.3 is 15.2 Å². The van der Waals surface area contributed by atoms with Gasteiger partial charge >= 0.3 is 0 Å². The zero-order valence-electron chi connectivity index (χ0n) is 18.8. The van der Waals surface area contributed by atoms with Gasteiger partial charge in [0.05, 0.1) is 16.6 Å². The first-order valence-electron chi connectivity index (χ1n) is 11.0. The summed E-state index contributed by atoms with van der Waals surface area (Å²) in [5.74, 6) is -0.141. The molecular formula is C26H25BrN4O2S. The van der Waals surface area contributed by atoms with Gasteiger partial charge in [0.1, 0.15) is 0 Å². The second-order valence-corrected chi connectivity index (χ2v) is 9.44. The molecule has 0 spiro atoms. The fourth-order valence-electron chi connectivity index (χ4n) is 3.81. The fourth-order valence-corrected chi connectivity index (χ4v) is 4.47. The van der Waals surface area contributed by atoms with Crippen LogP contribution in [0, 0.1) is 4.77 Å². The van der Waals surface area contributed by atoms with E-state index in [1.807, 2.05) is 30.3 Å². The van der Waals surface area contributed by atoms with Crippen LogP contribution in [0.4, 0.5) is 0 Å². The van der Waals surface area contributed by atoms with Crippen LogP contribution in [0.25, 0.3) is 16.6 Å². The molecule has 4 aromatic rings. The maximum absolute atomic E-state index is 13.0. The minimum absolute atomic E-state index is 0.141. The van der Waals surface area contributed by atoms with Gasteiger partial charge in [0.25, 0.3) is 11.5 Å². The summed E-state index contributed by atoms with van der Waals surface area (Å²) < 4.78 is 2.55. The van der Waals surface area contributed by atoms with Gasteiger partial charge in [-0.25, -0.2) is 0 Å². The molecule has 0 saturated heterocycles. The Morgan fingerprint density at radius 1 is 1.09 bits per heavy atom. The number of nitrogens with one attached hydrogen (secondary N) is 2. The minimum Gasteiger partial charge on any atom is -0.352 e. The lowest BCUT2D eigenvalue weighted by atomic mass is 10.2. The van der Waals surface area contributed by atoms with E-state index >= 15 is 0 Å². The molecule has 0 saturated carbocycles. The van der Waals surface area contributed by atoms with Gasteiger partial charge in [0.15, 0.2) is 4.77 Å². The number of halogens is 1. The molecule has 1 aromatic heterocycles. The van der Waals surface area contributed by atoms with Crippen LogP contribution in [0.2, 0.25) is 0 Å². The number of carbonyl (C=O) groups is 1. The average Bonchev–Trinajstić information content (AvgIpc) is 2.83. The Kier molecular flexibility index (Phi) is 7.72. The van der Waals surface area contributed by atoms with Crippen molar-refractivity contribution in [1.82, 2.24) is 19.8 Å². The topological polar surface area (TPSA) is 70.1 Å². The monoisotopic (exact) mass is 536 g/mol. The smallest absolute Gasteiger partial charge is 0.266 e. The van der Waals surface area contributed by atoms with Gasteiger partial charge in [-0.05, 0) is 80.3 Å². The molecule has 174 valence electrons. The summed E-state index contributed by atoms with van der Waals surface area (Å²) in [7, 11) is 2.08. The van der Waals surface area contributed by atoms with Crippen molar-refractivity contribution in [2.75, 3.05) is 20.1 Å². The van der Waals surface area contributed by atoms with Crippen LogP contribution < -0.4 is 10.9 Å². The van der Waals surface area contributed by atoms with E-state index in [2.05, 4.69) is 50.3 Å². The van der Waals surface area contributed by atoms with E-state index in [0.717, 1.165) is 24.0 Å². The Morgan fingerprint density at radius 2 is 1.82 bits per heavy atom. The van der Waals surface area contributed by atoms with Crippen molar-refractivity contribution in [3.05, 3.63) is 104 Å². The van der Waals surface area contributed by atoms with Crippen LogP contribution in [0.15, 0.2) is 82.1 Å². The van der Waals surface area contributed by atoms with Crippen LogP contribution in [0.1, 0.15) is 22.3 Å². The summed E-state index contributed by atoms with van der Waals surface area (Å²) in [6, 6.07) is 22.6. The predicted octanol–water partition coefficient (Wildman–Crippen LogP) is 5.06. The molecule has 3 aromatic carbocycles. The maximum atomic E-state index is 13.0. The molecule has 6 nitrogen and oxygen atoms in total. The number of aromatic nitrogens is 2. The minimum atomic E-state index is -0.211. The molecule has 0 aliphatic rings. The lowest BCUT2D eigenvalue weighted by molar-refractivity contribution is 0.0952. The normalized spacial score (nSPS) is 11.1. The molecular weight excluding hydrogens is 512 g/mol. The van der Waals surface area contributed by atoms with E-state index < -0.39 is 0 Å². The highest BCUT2D eigenvalue weighted by atomic mass is 79.9. The third kappa shape index (κ3) is 5.70. The van der Waals surface area contributed by atoms with Gasteiger partial charge in [0, 0.05) is 23.1 Å². The molecule has 1 amide bonds. The first-order valence-corrected chi connectivity index (χ1v) is 12.2. The number of hydrogen-bond donors (Lipinski definition) is 2. The van der Waals surface area contributed by atoms with Gasteiger partial charge in [-0.2, -0.15) is 0 Å². The molecule has 8 heteroatoms. The maximum Gasteiger partial charge on any atom is 0.266 e. The number of rotatable bonds is 8. The predicted molar refractivity (Wildman–Crippen MR) is 142 cm³/mol. The second kappa shape index (κ2) is 10.9. The number of benzene rings is 3. The number of carbonyl (C=O) groups excluding carboxylic acids is 1. The zero-order chi connectivity index (χ0) is 24.1. The third-order valence-electron chi connectivity index (χ3n) is 5.54.